The fourth-order valence-corrected chi connectivity index (χ4v) is 5.19. The Balaban J connectivity index is 1.61. The van der Waals surface area contributed by atoms with Crippen molar-refractivity contribution in [1.82, 2.24) is 20.2 Å². The van der Waals surface area contributed by atoms with Gasteiger partial charge < -0.3 is 9.67 Å². The molecule has 1 heterocycles. The van der Waals surface area contributed by atoms with Gasteiger partial charge in [0.2, 0.25) is 0 Å². The highest BCUT2D eigenvalue weighted by atomic mass is 127. The summed E-state index contributed by atoms with van der Waals surface area (Å²) in [5, 5.41) is 23.2. The molecule has 0 saturated carbocycles. The summed E-state index contributed by atoms with van der Waals surface area (Å²) >= 11 is 5.51. The van der Waals surface area contributed by atoms with Crippen LogP contribution in [0.2, 0.25) is 0 Å². The van der Waals surface area contributed by atoms with Crippen molar-refractivity contribution in [2.24, 2.45) is 5.10 Å². The van der Waals surface area contributed by atoms with Crippen LogP contribution in [-0.4, -0.2) is 37.7 Å². The number of nitrogens with one attached hydrogen (secondary N) is 1. The Morgan fingerprint density at radius 2 is 2.03 bits per heavy atom. The number of hydrogen-bond acceptors (Lipinski definition) is 6. The predicted molar refractivity (Wildman–Crippen MR) is 131 cm³/mol. The number of aromatic nitrogens is 3. The van der Waals surface area contributed by atoms with Gasteiger partial charge >= 0.3 is 0 Å². The van der Waals surface area contributed by atoms with Crippen molar-refractivity contribution < 1.29 is 9.90 Å². The minimum atomic E-state index is -0.266. The summed E-state index contributed by atoms with van der Waals surface area (Å²) in [6.07, 6.45) is 1.43. The van der Waals surface area contributed by atoms with Gasteiger partial charge in [0, 0.05) is 21.2 Å². The van der Waals surface area contributed by atoms with Crippen molar-refractivity contribution in [1.29, 1.82) is 0 Å². The van der Waals surface area contributed by atoms with Crippen LogP contribution in [-0.2, 0) is 11.3 Å². The lowest BCUT2D eigenvalue weighted by molar-refractivity contribution is -0.118. The van der Waals surface area contributed by atoms with Crippen LogP contribution in [0.4, 0.5) is 0 Å². The molecule has 3 aromatic rings. The average molecular weight is 633 g/mol. The number of aromatic hydroxyl groups is 1. The minimum Gasteiger partial charge on any atom is -0.506 e. The number of phenolic OH excluding ortho intramolecular Hbond substituents is 1. The number of amides is 1. The molecule has 0 fully saturated rings. The first-order valence-corrected chi connectivity index (χ1v) is 11.7. The Morgan fingerprint density at radius 1 is 1.28 bits per heavy atom. The first-order valence-electron chi connectivity index (χ1n) is 8.61. The second kappa shape index (κ2) is 10.4. The average Bonchev–Trinajstić information content (AvgIpc) is 3.13. The molecule has 0 spiro atoms. The summed E-state index contributed by atoms with van der Waals surface area (Å²) in [4.78, 5) is 12.1. The van der Waals surface area contributed by atoms with Crippen LogP contribution >= 0.6 is 56.9 Å². The predicted octanol–water partition coefficient (Wildman–Crippen LogP) is 4.12. The third-order valence-electron chi connectivity index (χ3n) is 3.85. The smallest absolute Gasteiger partial charge is 0.250 e. The molecule has 3 rings (SSSR count). The molecule has 2 N–H and O–H groups in total. The number of benzene rings is 2. The van der Waals surface area contributed by atoms with Crippen LogP contribution in [0.15, 0.2) is 52.7 Å². The summed E-state index contributed by atoms with van der Waals surface area (Å²) in [7, 11) is 0. The van der Waals surface area contributed by atoms with Crippen LogP contribution in [0.3, 0.4) is 0 Å². The SMILES string of the molecule is CCn1c(SCC(=O)N/N=C/c2cc(I)cc(I)c2O)nnc1-c1ccccc1. The highest BCUT2D eigenvalue weighted by molar-refractivity contribution is 14.1. The molecule has 150 valence electrons. The quantitative estimate of drug-likeness (QED) is 0.177. The molecule has 10 heteroatoms. The number of nitrogens with zero attached hydrogens (tertiary/aromatic N) is 4. The molecule has 0 saturated heterocycles. The van der Waals surface area contributed by atoms with Gasteiger partial charge in [0.1, 0.15) is 5.75 Å². The molecule has 0 radical (unpaired) electrons. The Morgan fingerprint density at radius 3 is 2.76 bits per heavy atom. The van der Waals surface area contributed by atoms with E-state index in [0.717, 1.165) is 18.5 Å². The largest absolute Gasteiger partial charge is 0.506 e. The summed E-state index contributed by atoms with van der Waals surface area (Å²) in [6.45, 7) is 2.71. The number of rotatable bonds is 7. The van der Waals surface area contributed by atoms with Crippen LogP contribution < -0.4 is 5.43 Å². The third kappa shape index (κ3) is 5.69. The van der Waals surface area contributed by atoms with Gasteiger partial charge in [-0.25, -0.2) is 5.43 Å². The number of phenols is 1. The number of halogens is 2. The first-order chi connectivity index (χ1) is 14.0. The van der Waals surface area contributed by atoms with E-state index in [-0.39, 0.29) is 17.4 Å². The third-order valence-corrected chi connectivity index (χ3v) is 6.26. The number of carbonyl (C=O) groups is 1. The van der Waals surface area contributed by atoms with Crippen molar-refractivity contribution in [3.63, 3.8) is 0 Å². The first kappa shape index (κ1) is 22.0. The molecule has 0 atom stereocenters. The number of hydrogen-bond donors (Lipinski definition) is 2. The Bertz CT molecular complexity index is 1040. The van der Waals surface area contributed by atoms with Gasteiger partial charge in [-0.15, -0.1) is 10.2 Å². The maximum absolute atomic E-state index is 12.1. The van der Waals surface area contributed by atoms with Crippen molar-refractivity contribution in [2.45, 2.75) is 18.6 Å². The fourth-order valence-electron chi connectivity index (χ4n) is 2.50. The molecule has 1 aromatic heterocycles. The number of thioether (sulfide) groups is 1. The minimum absolute atomic E-state index is 0.142. The summed E-state index contributed by atoms with van der Waals surface area (Å²) < 4.78 is 3.68. The zero-order valence-corrected chi connectivity index (χ0v) is 20.5. The molecule has 7 nitrogen and oxygen atoms in total. The van der Waals surface area contributed by atoms with Crippen LogP contribution in [0.5, 0.6) is 5.75 Å². The van der Waals surface area contributed by atoms with Gasteiger partial charge in [-0.05, 0) is 64.2 Å². The van der Waals surface area contributed by atoms with Gasteiger partial charge in [-0.1, -0.05) is 42.1 Å². The lowest BCUT2D eigenvalue weighted by Gasteiger charge is -2.07. The number of hydrazone groups is 1. The Kier molecular flexibility index (Phi) is 7.89. The standard InChI is InChI=1S/C19H17I2N5O2S/c1-2-26-18(12-6-4-3-5-7-12)24-25-19(26)29-11-16(27)23-22-10-13-8-14(20)9-15(21)17(13)28/h3-10,28H,2,11H2,1H3,(H,23,27)/b22-10+. The lowest BCUT2D eigenvalue weighted by atomic mass is 10.2. The van der Waals surface area contributed by atoms with E-state index in [2.05, 4.69) is 65.9 Å². The van der Waals surface area contributed by atoms with Gasteiger partial charge in [-0.2, -0.15) is 5.10 Å². The van der Waals surface area contributed by atoms with E-state index in [1.807, 2.05) is 47.9 Å². The Labute approximate surface area is 199 Å². The van der Waals surface area contributed by atoms with E-state index < -0.39 is 0 Å². The van der Waals surface area contributed by atoms with E-state index in [0.29, 0.717) is 17.3 Å². The van der Waals surface area contributed by atoms with Crippen LogP contribution in [0.25, 0.3) is 11.4 Å². The van der Waals surface area contributed by atoms with Crippen molar-refractivity contribution in [2.75, 3.05) is 5.75 Å². The normalized spacial score (nSPS) is 11.1. The molecule has 1 amide bonds. The van der Waals surface area contributed by atoms with Gasteiger partial charge in [-0.3, -0.25) is 4.79 Å². The van der Waals surface area contributed by atoms with E-state index >= 15 is 0 Å². The van der Waals surface area contributed by atoms with E-state index in [1.165, 1.54) is 18.0 Å². The van der Waals surface area contributed by atoms with Crippen molar-refractivity contribution >= 4 is 69.1 Å². The van der Waals surface area contributed by atoms with E-state index in [4.69, 9.17) is 0 Å². The zero-order chi connectivity index (χ0) is 20.8. The summed E-state index contributed by atoms with van der Waals surface area (Å²) in [6, 6.07) is 13.5. The molecule has 29 heavy (non-hydrogen) atoms. The van der Waals surface area contributed by atoms with Crippen molar-refractivity contribution in [3.05, 3.63) is 55.2 Å². The maximum atomic E-state index is 12.1. The molecular formula is C19H17I2N5O2S. The fraction of sp³-hybridized carbons (Fsp3) is 0.158. The second-order valence-electron chi connectivity index (χ2n) is 5.82. The van der Waals surface area contributed by atoms with Crippen LogP contribution in [0.1, 0.15) is 12.5 Å². The molecule has 0 bridgehead atoms. The summed E-state index contributed by atoms with van der Waals surface area (Å²) in [5.41, 5.74) is 4.01. The second-order valence-corrected chi connectivity index (χ2v) is 9.17. The van der Waals surface area contributed by atoms with Crippen LogP contribution in [0, 0.1) is 7.14 Å². The van der Waals surface area contributed by atoms with E-state index in [9.17, 15) is 9.90 Å². The topological polar surface area (TPSA) is 92.4 Å². The number of carbonyl (C=O) groups excluding carboxylic acids is 1. The van der Waals surface area contributed by atoms with Gasteiger partial charge in [0.15, 0.2) is 11.0 Å². The maximum Gasteiger partial charge on any atom is 0.250 e. The summed E-state index contributed by atoms with van der Waals surface area (Å²) in [5.74, 6) is 0.804. The van der Waals surface area contributed by atoms with Gasteiger partial charge in [0.05, 0.1) is 15.5 Å². The lowest BCUT2D eigenvalue weighted by Crippen LogP contribution is -2.20. The molecule has 0 aliphatic carbocycles. The zero-order valence-electron chi connectivity index (χ0n) is 15.3. The van der Waals surface area contributed by atoms with E-state index in [1.54, 1.807) is 6.07 Å². The Hall–Kier alpha value is -1.67. The molecule has 0 aliphatic heterocycles. The van der Waals surface area contributed by atoms with Gasteiger partial charge in [0.25, 0.3) is 5.91 Å². The molecular weight excluding hydrogens is 616 g/mol. The molecule has 2 aromatic carbocycles. The highest BCUT2D eigenvalue weighted by Gasteiger charge is 2.14. The molecule has 0 aliphatic rings. The monoisotopic (exact) mass is 633 g/mol. The van der Waals surface area contributed by atoms with Crippen molar-refractivity contribution in [3.8, 4) is 17.1 Å². The highest BCUT2D eigenvalue weighted by Crippen LogP contribution is 2.26. The molecule has 0 unspecified atom stereocenters.